The molecular formula is C39H58N7O7P. The Kier molecular flexibility index (Phi) is 18.6. The highest BCUT2D eigenvalue weighted by Crippen LogP contribution is 2.47. The van der Waals surface area contributed by atoms with Crippen LogP contribution >= 0.6 is 7.82 Å². The van der Waals surface area contributed by atoms with Crippen LogP contribution in [0.4, 0.5) is 5.82 Å². The van der Waals surface area contributed by atoms with E-state index in [2.05, 4.69) is 28.1 Å². The van der Waals surface area contributed by atoms with E-state index in [1.807, 2.05) is 6.07 Å². The van der Waals surface area contributed by atoms with E-state index >= 15 is 0 Å². The molecule has 14 nitrogen and oxygen atoms in total. The molecule has 1 saturated heterocycles. The smallest absolute Gasteiger partial charge is 0.469 e. The van der Waals surface area contributed by atoms with E-state index in [0.717, 1.165) is 19.3 Å². The van der Waals surface area contributed by atoms with Crippen LogP contribution in [0.5, 0.6) is 5.88 Å². The molecule has 0 amide bonds. The third kappa shape index (κ3) is 14.6. The molecule has 3 N–H and O–H groups in total. The molecule has 4 atom stereocenters. The van der Waals surface area contributed by atoms with Crippen LogP contribution in [0.3, 0.4) is 0 Å². The first-order valence-corrected chi connectivity index (χ1v) is 21.2. The maximum Gasteiger partial charge on any atom is 0.472 e. The molecule has 4 heterocycles. The Bertz CT molecular complexity index is 1680. The average molecular weight is 768 g/mol. The molecule has 1 aliphatic rings. The number of ether oxygens (including phenoxy) is 3. The first-order valence-electron chi connectivity index (χ1n) is 19.7. The summed E-state index contributed by atoms with van der Waals surface area (Å²) in [6.07, 6.45) is 21.2. The molecule has 1 aliphatic heterocycles. The zero-order valence-corrected chi connectivity index (χ0v) is 32.7. The van der Waals surface area contributed by atoms with Crippen molar-refractivity contribution in [2.24, 2.45) is 0 Å². The Labute approximate surface area is 319 Å². The number of anilines is 1. The summed E-state index contributed by atoms with van der Waals surface area (Å²) in [6, 6.07) is 12.4. The fourth-order valence-corrected chi connectivity index (χ4v) is 7.40. The number of phosphoric ester groups is 1. The van der Waals surface area contributed by atoms with Gasteiger partial charge in [0.25, 0.3) is 0 Å². The molecule has 0 radical (unpaired) electrons. The molecule has 0 aliphatic carbocycles. The Morgan fingerprint density at radius 1 is 0.963 bits per heavy atom. The van der Waals surface area contributed by atoms with Gasteiger partial charge in [-0.3, -0.25) is 9.05 Å². The molecular weight excluding hydrogens is 709 g/mol. The van der Waals surface area contributed by atoms with Gasteiger partial charge in [0.1, 0.15) is 48.5 Å². The number of nitrogen functional groups attached to an aromatic ring is 1. The minimum absolute atomic E-state index is 0.0590. The standard InChI is InChI=1S/C39H58N7O7P/c1-2-3-4-5-6-7-8-9-10-11-12-13-14-15-16-17-25-49-27-33(52-37-20-18-19-32(26-40)45-37)28-50-54(47,48)51-30-39(29-41)24-23-36(53-39)34-21-22-35-38(42)43-31-44-46(34)35/h18-22,31,33,36H,2-17,23-25,27-28,30H2,1H3,(H,47,48)(H2,42,43,44). The van der Waals surface area contributed by atoms with E-state index in [1.54, 1.807) is 34.8 Å². The number of hydrogen-bond donors (Lipinski definition) is 2. The van der Waals surface area contributed by atoms with Gasteiger partial charge in [-0.2, -0.15) is 15.6 Å². The van der Waals surface area contributed by atoms with Crippen LogP contribution in [0.2, 0.25) is 0 Å². The molecule has 0 saturated carbocycles. The van der Waals surface area contributed by atoms with Gasteiger partial charge >= 0.3 is 7.82 Å². The number of aromatic nitrogens is 4. The summed E-state index contributed by atoms with van der Waals surface area (Å²) in [5.41, 5.74) is 5.91. The van der Waals surface area contributed by atoms with E-state index in [-0.39, 0.29) is 31.2 Å². The zero-order chi connectivity index (χ0) is 38.5. The number of hydrogen-bond acceptors (Lipinski definition) is 12. The number of fused-ring (bicyclic) bond motifs is 1. The van der Waals surface area contributed by atoms with Gasteiger partial charge in [0.2, 0.25) is 5.88 Å². The van der Waals surface area contributed by atoms with Crippen molar-refractivity contribution in [3.05, 3.63) is 48.0 Å². The van der Waals surface area contributed by atoms with E-state index in [4.69, 9.17) is 29.0 Å². The summed E-state index contributed by atoms with van der Waals surface area (Å²) in [5.74, 6) is 0.463. The Balaban J connectivity index is 1.15. The Morgan fingerprint density at radius 3 is 2.28 bits per heavy atom. The summed E-state index contributed by atoms with van der Waals surface area (Å²) in [4.78, 5) is 18.7. The van der Waals surface area contributed by atoms with Gasteiger partial charge in [0, 0.05) is 12.7 Å². The number of nitrogens with two attached hydrogens (primary N) is 1. The number of nitriles is 2. The quantitative estimate of drug-likeness (QED) is 0.0526. The largest absolute Gasteiger partial charge is 0.472 e. The van der Waals surface area contributed by atoms with Crippen LogP contribution in [-0.4, -0.2) is 62.6 Å². The van der Waals surface area contributed by atoms with Crippen molar-refractivity contribution in [3.63, 3.8) is 0 Å². The summed E-state index contributed by atoms with van der Waals surface area (Å²) in [6.45, 7) is 1.95. The Hall–Kier alpha value is -3.62. The highest BCUT2D eigenvalue weighted by molar-refractivity contribution is 7.47. The highest BCUT2D eigenvalue weighted by Gasteiger charge is 2.44. The minimum Gasteiger partial charge on any atom is -0.469 e. The van der Waals surface area contributed by atoms with Crippen molar-refractivity contribution in [2.75, 3.05) is 32.2 Å². The van der Waals surface area contributed by atoms with E-state index in [1.165, 1.54) is 89.8 Å². The third-order valence-electron chi connectivity index (χ3n) is 9.68. The molecule has 4 rings (SSSR count). The molecule has 54 heavy (non-hydrogen) atoms. The van der Waals surface area contributed by atoms with Gasteiger partial charge in [0.15, 0.2) is 11.4 Å². The predicted octanol–water partition coefficient (Wildman–Crippen LogP) is 8.55. The predicted molar refractivity (Wildman–Crippen MR) is 204 cm³/mol. The van der Waals surface area contributed by atoms with Crippen molar-refractivity contribution in [2.45, 2.75) is 140 Å². The second kappa shape index (κ2) is 23.3. The second-order valence-corrected chi connectivity index (χ2v) is 15.5. The highest BCUT2D eigenvalue weighted by atomic mass is 31.2. The monoisotopic (exact) mass is 767 g/mol. The molecule has 3 aromatic heterocycles. The number of pyridine rings is 1. The lowest BCUT2D eigenvalue weighted by Gasteiger charge is -2.24. The number of unbranched alkanes of at least 4 members (excludes halogenated alkanes) is 15. The van der Waals surface area contributed by atoms with Crippen LogP contribution in [0, 0.1) is 22.7 Å². The number of nitrogens with zero attached hydrogens (tertiary/aromatic N) is 6. The van der Waals surface area contributed by atoms with Gasteiger partial charge < -0.3 is 24.8 Å². The SMILES string of the molecule is CCCCCCCCCCCCCCCCCCOCC(COP(=O)(O)OCC1(C#N)CCC(c2ccc3c(N)ncnn23)O1)Oc1cccc(C#N)n1. The fraction of sp³-hybridized carbons (Fsp3) is 0.667. The molecule has 1 fully saturated rings. The molecule has 0 bridgehead atoms. The van der Waals surface area contributed by atoms with Gasteiger partial charge in [-0.25, -0.2) is 19.0 Å². The topological polar surface area (TPSA) is 200 Å². The first kappa shape index (κ1) is 43.1. The lowest BCUT2D eigenvalue weighted by atomic mass is 10.0. The minimum atomic E-state index is -4.66. The zero-order valence-electron chi connectivity index (χ0n) is 31.8. The normalized spacial score (nSPS) is 18.6. The molecule has 15 heteroatoms. The van der Waals surface area contributed by atoms with E-state index < -0.39 is 32.2 Å². The fourth-order valence-electron chi connectivity index (χ4n) is 6.60. The third-order valence-corrected chi connectivity index (χ3v) is 10.6. The van der Waals surface area contributed by atoms with Crippen molar-refractivity contribution >= 4 is 19.2 Å². The van der Waals surface area contributed by atoms with Crippen molar-refractivity contribution in [3.8, 4) is 18.0 Å². The van der Waals surface area contributed by atoms with Crippen molar-refractivity contribution in [1.82, 2.24) is 19.6 Å². The van der Waals surface area contributed by atoms with Crippen LogP contribution in [0.25, 0.3) is 5.52 Å². The lowest BCUT2D eigenvalue weighted by molar-refractivity contribution is -0.0426. The number of phosphoric acid groups is 1. The molecule has 296 valence electrons. The summed E-state index contributed by atoms with van der Waals surface area (Å²) in [7, 11) is -4.66. The number of rotatable bonds is 28. The maximum absolute atomic E-state index is 13.0. The van der Waals surface area contributed by atoms with Crippen LogP contribution < -0.4 is 10.5 Å². The average Bonchev–Trinajstić information content (AvgIpc) is 3.82. The van der Waals surface area contributed by atoms with Gasteiger partial charge in [-0.15, -0.1) is 0 Å². The molecule has 0 aromatic carbocycles. The lowest BCUT2D eigenvalue weighted by Crippen LogP contribution is -2.32. The second-order valence-electron chi connectivity index (χ2n) is 14.1. The summed E-state index contributed by atoms with van der Waals surface area (Å²) < 4.78 is 43.1. The van der Waals surface area contributed by atoms with Crippen LogP contribution in [0.1, 0.15) is 140 Å². The maximum atomic E-state index is 13.0. The van der Waals surface area contributed by atoms with Gasteiger partial charge in [0.05, 0.1) is 18.9 Å². The molecule has 4 unspecified atom stereocenters. The summed E-state index contributed by atoms with van der Waals surface area (Å²) in [5, 5.41) is 23.5. The van der Waals surface area contributed by atoms with Crippen molar-refractivity contribution < 1.29 is 32.7 Å². The van der Waals surface area contributed by atoms with Crippen molar-refractivity contribution in [1.29, 1.82) is 10.5 Å². The first-order chi connectivity index (χ1) is 26.3. The van der Waals surface area contributed by atoms with Crippen LogP contribution in [-0.2, 0) is 23.1 Å². The van der Waals surface area contributed by atoms with Crippen LogP contribution in [0.15, 0.2) is 36.7 Å². The molecule has 0 spiro atoms. The van der Waals surface area contributed by atoms with Gasteiger partial charge in [-0.1, -0.05) is 109 Å². The Morgan fingerprint density at radius 2 is 1.63 bits per heavy atom. The molecule has 3 aromatic rings. The van der Waals surface area contributed by atoms with E-state index in [9.17, 15) is 20.0 Å². The van der Waals surface area contributed by atoms with E-state index in [0.29, 0.717) is 30.1 Å². The summed E-state index contributed by atoms with van der Waals surface area (Å²) >= 11 is 0. The van der Waals surface area contributed by atoms with Gasteiger partial charge in [-0.05, 0) is 37.5 Å².